The van der Waals surface area contributed by atoms with Crippen LogP contribution in [0.2, 0.25) is 0 Å². The quantitative estimate of drug-likeness (QED) is 0.797. The zero-order chi connectivity index (χ0) is 15.5. The maximum atomic E-state index is 12.4. The fourth-order valence-electron chi connectivity index (χ4n) is 1.99. The third-order valence-electron chi connectivity index (χ3n) is 3.10. The van der Waals surface area contributed by atoms with Gasteiger partial charge in [0.25, 0.3) is 0 Å². The highest BCUT2D eigenvalue weighted by Crippen LogP contribution is 2.25. The molecular weight excluding hydrogens is 289 g/mol. The summed E-state index contributed by atoms with van der Waals surface area (Å²) in [6, 6.07) is 8.86. The van der Waals surface area contributed by atoms with Gasteiger partial charge in [-0.3, -0.25) is 9.59 Å². The molecule has 0 bridgehead atoms. The minimum Gasteiger partial charge on any atom is -0.377 e. The van der Waals surface area contributed by atoms with Gasteiger partial charge in [0.05, 0.1) is 19.8 Å². The topological polar surface area (TPSA) is 52.6 Å². The van der Waals surface area contributed by atoms with E-state index < -0.39 is 36.4 Å². The Balaban J connectivity index is 1.98. The standard InChI is InChI=1S/C14H13F3O4/c15-14(16,17)13(19)10-7-20-8-11(12(10)18)21-6-9-4-2-1-3-5-9/h1-5,10-11H,6-8H2. The summed E-state index contributed by atoms with van der Waals surface area (Å²) >= 11 is 0. The van der Waals surface area contributed by atoms with Crippen LogP contribution < -0.4 is 0 Å². The molecule has 0 amide bonds. The average Bonchev–Trinajstić information content (AvgIpc) is 2.45. The zero-order valence-electron chi connectivity index (χ0n) is 10.9. The Hall–Kier alpha value is -1.73. The number of alkyl halides is 3. The molecule has 7 heteroatoms. The summed E-state index contributed by atoms with van der Waals surface area (Å²) in [5.74, 6) is -4.79. The first-order chi connectivity index (χ1) is 9.89. The van der Waals surface area contributed by atoms with Crippen LogP contribution in [-0.2, 0) is 25.7 Å². The second-order valence-corrected chi connectivity index (χ2v) is 4.64. The number of Topliss-reactive ketones (excluding diaryl/α,β-unsaturated/α-hetero) is 2. The highest BCUT2D eigenvalue weighted by Gasteiger charge is 2.49. The maximum absolute atomic E-state index is 12.4. The SMILES string of the molecule is O=C1C(OCc2ccccc2)COCC1C(=O)C(F)(F)F. The summed E-state index contributed by atoms with van der Waals surface area (Å²) in [6.07, 6.45) is -6.21. The molecule has 1 aliphatic heterocycles. The van der Waals surface area contributed by atoms with Gasteiger partial charge >= 0.3 is 6.18 Å². The van der Waals surface area contributed by atoms with E-state index in [0.29, 0.717) is 0 Å². The fourth-order valence-corrected chi connectivity index (χ4v) is 1.99. The number of hydrogen-bond acceptors (Lipinski definition) is 4. The van der Waals surface area contributed by atoms with Gasteiger partial charge < -0.3 is 9.47 Å². The van der Waals surface area contributed by atoms with Crippen LogP contribution in [0, 0.1) is 5.92 Å². The predicted molar refractivity (Wildman–Crippen MR) is 65.4 cm³/mol. The second-order valence-electron chi connectivity index (χ2n) is 4.64. The molecule has 21 heavy (non-hydrogen) atoms. The van der Waals surface area contributed by atoms with Gasteiger partial charge in [-0.15, -0.1) is 0 Å². The minimum absolute atomic E-state index is 0.0630. The number of halogens is 3. The lowest BCUT2D eigenvalue weighted by atomic mass is 9.93. The van der Waals surface area contributed by atoms with E-state index in [2.05, 4.69) is 0 Å². The lowest BCUT2D eigenvalue weighted by molar-refractivity contribution is -0.185. The van der Waals surface area contributed by atoms with Crippen LogP contribution in [0.15, 0.2) is 30.3 Å². The zero-order valence-corrected chi connectivity index (χ0v) is 10.9. The summed E-state index contributed by atoms with van der Waals surface area (Å²) in [4.78, 5) is 23.1. The van der Waals surface area contributed by atoms with Crippen molar-refractivity contribution in [3.05, 3.63) is 35.9 Å². The van der Waals surface area contributed by atoms with Crippen LogP contribution in [-0.4, -0.2) is 37.1 Å². The van der Waals surface area contributed by atoms with Gasteiger partial charge in [-0.1, -0.05) is 30.3 Å². The van der Waals surface area contributed by atoms with Crippen molar-refractivity contribution in [3.8, 4) is 0 Å². The molecular formula is C14H13F3O4. The van der Waals surface area contributed by atoms with Crippen molar-refractivity contribution in [1.29, 1.82) is 0 Å². The second kappa shape index (κ2) is 6.36. The number of hydrogen-bond donors (Lipinski definition) is 0. The molecule has 0 radical (unpaired) electrons. The monoisotopic (exact) mass is 302 g/mol. The minimum atomic E-state index is -5.05. The van der Waals surface area contributed by atoms with Gasteiger partial charge in [-0.05, 0) is 5.56 Å². The Labute approximate surface area is 118 Å². The van der Waals surface area contributed by atoms with E-state index in [4.69, 9.17) is 9.47 Å². The van der Waals surface area contributed by atoms with E-state index >= 15 is 0 Å². The van der Waals surface area contributed by atoms with E-state index in [1.54, 1.807) is 30.3 Å². The molecule has 2 rings (SSSR count). The molecule has 1 aromatic rings. The van der Waals surface area contributed by atoms with Gasteiger partial charge in [-0.25, -0.2) is 0 Å². The Bertz CT molecular complexity index is 513. The van der Waals surface area contributed by atoms with Crippen molar-refractivity contribution in [2.24, 2.45) is 5.92 Å². The first kappa shape index (κ1) is 15.7. The van der Waals surface area contributed by atoms with Crippen LogP contribution in [0.4, 0.5) is 13.2 Å². The molecule has 2 atom stereocenters. The summed E-state index contributed by atoms with van der Waals surface area (Å²) in [7, 11) is 0. The largest absolute Gasteiger partial charge is 0.450 e. The van der Waals surface area contributed by atoms with Gasteiger partial charge in [0.15, 0.2) is 5.78 Å². The third-order valence-corrected chi connectivity index (χ3v) is 3.10. The predicted octanol–water partition coefficient (Wildman–Crippen LogP) is 1.92. The third kappa shape index (κ3) is 3.89. The Morgan fingerprint density at radius 3 is 2.52 bits per heavy atom. The molecule has 1 heterocycles. The van der Waals surface area contributed by atoms with Crippen LogP contribution in [0.3, 0.4) is 0 Å². The van der Waals surface area contributed by atoms with Crippen LogP contribution >= 0.6 is 0 Å². The normalized spacial score (nSPS) is 23.1. The first-order valence-corrected chi connectivity index (χ1v) is 6.27. The molecule has 114 valence electrons. The number of rotatable bonds is 4. The van der Waals surface area contributed by atoms with E-state index in [1.165, 1.54) is 0 Å². The first-order valence-electron chi connectivity index (χ1n) is 6.27. The molecule has 2 unspecified atom stereocenters. The Morgan fingerprint density at radius 2 is 1.90 bits per heavy atom. The van der Waals surface area contributed by atoms with Crippen molar-refractivity contribution < 1.29 is 32.2 Å². The lowest BCUT2D eigenvalue weighted by Crippen LogP contribution is -2.48. The van der Waals surface area contributed by atoms with E-state index in [0.717, 1.165) is 5.56 Å². The smallest absolute Gasteiger partial charge is 0.377 e. The van der Waals surface area contributed by atoms with Crippen molar-refractivity contribution >= 4 is 11.6 Å². The van der Waals surface area contributed by atoms with E-state index in [9.17, 15) is 22.8 Å². The van der Waals surface area contributed by atoms with Crippen LogP contribution in [0.1, 0.15) is 5.56 Å². The van der Waals surface area contributed by atoms with E-state index in [-0.39, 0.29) is 13.2 Å². The van der Waals surface area contributed by atoms with Crippen molar-refractivity contribution in [2.45, 2.75) is 18.9 Å². The molecule has 0 N–H and O–H groups in total. The fraction of sp³-hybridized carbons (Fsp3) is 0.429. The van der Waals surface area contributed by atoms with E-state index in [1.807, 2.05) is 0 Å². The average molecular weight is 302 g/mol. The molecule has 1 aromatic carbocycles. The molecule has 0 aromatic heterocycles. The number of carbonyl (C=O) groups excluding carboxylic acids is 2. The van der Waals surface area contributed by atoms with Crippen LogP contribution in [0.5, 0.6) is 0 Å². The van der Waals surface area contributed by atoms with Gasteiger partial charge in [0, 0.05) is 0 Å². The Kier molecular flexibility index (Phi) is 4.74. The van der Waals surface area contributed by atoms with Gasteiger partial charge in [0.1, 0.15) is 12.0 Å². The summed E-state index contributed by atoms with van der Waals surface area (Å²) < 4.78 is 47.3. The number of benzene rings is 1. The summed E-state index contributed by atoms with van der Waals surface area (Å²) in [5, 5.41) is 0. The summed E-state index contributed by atoms with van der Waals surface area (Å²) in [5.41, 5.74) is 0.773. The molecule has 0 spiro atoms. The molecule has 0 aliphatic carbocycles. The number of ether oxygens (including phenoxy) is 2. The van der Waals surface area contributed by atoms with Crippen molar-refractivity contribution in [2.75, 3.05) is 13.2 Å². The summed E-state index contributed by atoms with van der Waals surface area (Å²) in [6.45, 7) is -0.636. The lowest BCUT2D eigenvalue weighted by Gasteiger charge is -2.27. The van der Waals surface area contributed by atoms with Crippen molar-refractivity contribution in [3.63, 3.8) is 0 Å². The Morgan fingerprint density at radius 1 is 1.24 bits per heavy atom. The molecule has 1 fully saturated rings. The molecule has 1 saturated heterocycles. The van der Waals surface area contributed by atoms with Crippen LogP contribution in [0.25, 0.3) is 0 Å². The molecule has 1 aliphatic rings. The number of carbonyl (C=O) groups is 2. The highest BCUT2D eigenvalue weighted by atomic mass is 19.4. The molecule has 4 nitrogen and oxygen atoms in total. The van der Waals surface area contributed by atoms with Gasteiger partial charge in [0.2, 0.25) is 5.78 Å². The highest BCUT2D eigenvalue weighted by molar-refractivity contribution is 6.07. The van der Waals surface area contributed by atoms with Gasteiger partial charge in [-0.2, -0.15) is 13.2 Å². The molecule has 0 saturated carbocycles. The van der Waals surface area contributed by atoms with Crippen molar-refractivity contribution in [1.82, 2.24) is 0 Å². The maximum Gasteiger partial charge on any atom is 0.450 e. The number of ketones is 2.